The zero-order valence-corrected chi connectivity index (χ0v) is 19.2. The highest BCUT2D eigenvalue weighted by molar-refractivity contribution is 7.89. The Morgan fingerprint density at radius 3 is 2.76 bits per heavy atom. The zero-order chi connectivity index (χ0) is 23.2. The number of benzene rings is 2. The molecule has 5 rings (SSSR count). The molecular weight excluding hydrogens is 444 g/mol. The molecule has 1 saturated carbocycles. The summed E-state index contributed by atoms with van der Waals surface area (Å²) >= 11 is 0. The summed E-state index contributed by atoms with van der Waals surface area (Å²) in [5.41, 5.74) is 2.91. The van der Waals surface area contributed by atoms with Crippen molar-refractivity contribution in [2.75, 3.05) is 11.5 Å². The number of aryl methyl sites for hydroxylation is 2. The van der Waals surface area contributed by atoms with Crippen molar-refractivity contribution >= 4 is 21.6 Å². The van der Waals surface area contributed by atoms with E-state index < -0.39 is 10.0 Å². The molecule has 0 unspecified atom stereocenters. The molecule has 1 fully saturated rings. The second kappa shape index (κ2) is 8.27. The van der Waals surface area contributed by atoms with Crippen LogP contribution in [0.4, 0.5) is 5.69 Å². The Bertz CT molecular complexity index is 1330. The highest BCUT2D eigenvalue weighted by atomic mass is 32.2. The number of amides is 1. The van der Waals surface area contributed by atoms with E-state index in [0.29, 0.717) is 34.6 Å². The highest BCUT2D eigenvalue weighted by Crippen LogP contribution is 2.40. The first kappa shape index (κ1) is 21.6. The van der Waals surface area contributed by atoms with Gasteiger partial charge < -0.3 is 9.26 Å². The molecule has 2 aliphatic rings. The number of fused-ring (bicyclic) bond motifs is 1. The Morgan fingerprint density at radius 2 is 2.00 bits per heavy atom. The summed E-state index contributed by atoms with van der Waals surface area (Å²) in [7, 11) is -3.80. The first-order chi connectivity index (χ1) is 15.8. The third kappa shape index (κ3) is 4.49. The van der Waals surface area contributed by atoms with Gasteiger partial charge in [0.15, 0.2) is 12.4 Å². The summed E-state index contributed by atoms with van der Waals surface area (Å²) in [6.07, 6.45) is 2.07. The molecule has 33 heavy (non-hydrogen) atoms. The van der Waals surface area contributed by atoms with Crippen molar-refractivity contribution in [1.29, 1.82) is 0 Å². The summed E-state index contributed by atoms with van der Waals surface area (Å²) in [6.45, 7) is 3.75. The van der Waals surface area contributed by atoms with Crippen LogP contribution >= 0.6 is 0 Å². The fourth-order valence-corrected chi connectivity index (χ4v) is 5.10. The molecular formula is C23H24N4O5S. The van der Waals surface area contributed by atoms with Crippen LogP contribution in [0.5, 0.6) is 5.75 Å². The van der Waals surface area contributed by atoms with Gasteiger partial charge in [-0.05, 0) is 43.9 Å². The quantitative estimate of drug-likeness (QED) is 0.567. The van der Waals surface area contributed by atoms with Crippen LogP contribution in [-0.2, 0) is 27.9 Å². The van der Waals surface area contributed by atoms with Gasteiger partial charge >= 0.3 is 0 Å². The van der Waals surface area contributed by atoms with E-state index >= 15 is 0 Å². The van der Waals surface area contributed by atoms with E-state index in [9.17, 15) is 13.2 Å². The van der Waals surface area contributed by atoms with Crippen molar-refractivity contribution in [2.24, 2.45) is 0 Å². The summed E-state index contributed by atoms with van der Waals surface area (Å²) in [4.78, 5) is 18.6. The number of aromatic nitrogens is 2. The molecule has 1 aliphatic heterocycles. The van der Waals surface area contributed by atoms with Gasteiger partial charge in [0, 0.05) is 18.5 Å². The second-order valence-electron chi connectivity index (χ2n) is 8.49. The Hall–Kier alpha value is -3.24. The van der Waals surface area contributed by atoms with Gasteiger partial charge in [0.1, 0.15) is 5.75 Å². The largest absolute Gasteiger partial charge is 0.482 e. The average Bonchev–Trinajstić information content (AvgIpc) is 3.53. The van der Waals surface area contributed by atoms with E-state index in [-0.39, 0.29) is 30.5 Å². The lowest BCUT2D eigenvalue weighted by molar-refractivity contribution is -0.121. The number of ether oxygens (including phenoxy) is 1. The molecule has 1 aliphatic carbocycles. The van der Waals surface area contributed by atoms with Crippen LogP contribution in [-0.4, -0.2) is 31.1 Å². The van der Waals surface area contributed by atoms with E-state index in [1.54, 1.807) is 13.0 Å². The fourth-order valence-electron chi connectivity index (χ4n) is 3.84. The van der Waals surface area contributed by atoms with Gasteiger partial charge in [-0.1, -0.05) is 35.0 Å². The Kier molecular flexibility index (Phi) is 5.41. The molecule has 172 valence electrons. The van der Waals surface area contributed by atoms with E-state index in [0.717, 1.165) is 24.0 Å². The van der Waals surface area contributed by atoms with E-state index in [1.807, 2.05) is 31.2 Å². The van der Waals surface area contributed by atoms with Crippen molar-refractivity contribution in [3.8, 4) is 5.75 Å². The number of carbonyl (C=O) groups is 1. The van der Waals surface area contributed by atoms with Gasteiger partial charge in [0.25, 0.3) is 5.91 Å². The monoisotopic (exact) mass is 468 g/mol. The minimum atomic E-state index is -3.80. The molecule has 3 aromatic rings. The van der Waals surface area contributed by atoms with Crippen molar-refractivity contribution in [3.05, 3.63) is 64.8 Å². The van der Waals surface area contributed by atoms with E-state index in [2.05, 4.69) is 14.9 Å². The highest BCUT2D eigenvalue weighted by Gasteiger charge is 2.32. The number of anilines is 1. The van der Waals surface area contributed by atoms with Gasteiger partial charge in [0.05, 0.1) is 17.1 Å². The van der Waals surface area contributed by atoms with Gasteiger partial charge in [-0.3, -0.25) is 9.69 Å². The van der Waals surface area contributed by atoms with Crippen molar-refractivity contribution in [1.82, 2.24) is 14.9 Å². The number of hydrogen-bond donors (Lipinski definition) is 1. The lowest BCUT2D eigenvalue weighted by Gasteiger charge is -2.29. The summed E-state index contributed by atoms with van der Waals surface area (Å²) in [6, 6.07) is 10.8. The van der Waals surface area contributed by atoms with Crippen LogP contribution in [0.1, 0.15) is 47.2 Å². The van der Waals surface area contributed by atoms with Crippen LogP contribution in [0.15, 0.2) is 45.8 Å². The van der Waals surface area contributed by atoms with E-state index in [4.69, 9.17) is 9.26 Å². The average molecular weight is 469 g/mol. The summed E-state index contributed by atoms with van der Waals surface area (Å²) in [5.74, 6) is 1.40. The maximum absolute atomic E-state index is 13.0. The molecule has 1 aromatic heterocycles. The number of carbonyl (C=O) groups excluding carboxylic acids is 1. The molecule has 0 atom stereocenters. The topological polar surface area (TPSA) is 115 Å². The van der Waals surface area contributed by atoms with Crippen molar-refractivity contribution < 1.29 is 22.5 Å². The fraction of sp³-hybridized carbons (Fsp3) is 0.348. The van der Waals surface area contributed by atoms with Gasteiger partial charge in [0.2, 0.25) is 15.9 Å². The number of sulfonamides is 1. The minimum Gasteiger partial charge on any atom is -0.482 e. The molecule has 0 radical (unpaired) electrons. The summed E-state index contributed by atoms with van der Waals surface area (Å²) in [5, 5.41) is 3.99. The Morgan fingerprint density at radius 1 is 1.18 bits per heavy atom. The molecule has 0 bridgehead atoms. The first-order valence-corrected chi connectivity index (χ1v) is 12.2. The molecule has 0 saturated heterocycles. The number of rotatable bonds is 7. The Labute approximate surface area is 191 Å². The SMILES string of the molecule is Cc1cccc(CNS(=O)(=O)c2cc3c(cc2C)N(Cc2noc(C4CC4)n2)C(=O)CO3)c1. The lowest BCUT2D eigenvalue weighted by Crippen LogP contribution is -2.38. The molecule has 1 N–H and O–H groups in total. The van der Waals surface area contributed by atoms with E-state index in [1.165, 1.54) is 11.0 Å². The smallest absolute Gasteiger partial charge is 0.265 e. The van der Waals surface area contributed by atoms with Crippen LogP contribution in [0.2, 0.25) is 0 Å². The maximum atomic E-state index is 13.0. The van der Waals surface area contributed by atoms with Crippen LogP contribution in [0.3, 0.4) is 0 Å². The normalized spacial score (nSPS) is 15.9. The van der Waals surface area contributed by atoms with Gasteiger partial charge in [-0.2, -0.15) is 4.98 Å². The van der Waals surface area contributed by atoms with Crippen LogP contribution < -0.4 is 14.4 Å². The summed E-state index contributed by atoms with van der Waals surface area (Å²) < 4.78 is 39.6. The molecule has 2 heterocycles. The minimum absolute atomic E-state index is 0.110. The number of hydrogen-bond acceptors (Lipinski definition) is 7. The standard InChI is InChI=1S/C23H24N4O5S/c1-14-4-3-5-16(8-14)11-24-33(29,30)20-10-19-18(9-15(20)2)27(22(28)13-31-19)12-21-25-23(32-26-21)17-6-7-17/h3-5,8-10,17,24H,6-7,11-13H2,1-2H3. The first-order valence-electron chi connectivity index (χ1n) is 10.8. The predicted octanol–water partition coefficient (Wildman–Crippen LogP) is 2.97. The number of nitrogens with zero attached hydrogens (tertiary/aromatic N) is 3. The van der Waals surface area contributed by atoms with Crippen molar-refractivity contribution in [3.63, 3.8) is 0 Å². The lowest BCUT2D eigenvalue weighted by atomic mass is 10.1. The molecule has 0 spiro atoms. The predicted molar refractivity (Wildman–Crippen MR) is 119 cm³/mol. The molecule has 10 heteroatoms. The third-order valence-electron chi connectivity index (χ3n) is 5.75. The Balaban J connectivity index is 1.39. The van der Waals surface area contributed by atoms with Crippen LogP contribution in [0, 0.1) is 13.8 Å². The molecule has 2 aromatic carbocycles. The second-order valence-corrected chi connectivity index (χ2v) is 10.2. The van der Waals surface area contributed by atoms with Crippen LogP contribution in [0.25, 0.3) is 0 Å². The molecule has 9 nitrogen and oxygen atoms in total. The third-order valence-corrected chi connectivity index (χ3v) is 7.29. The maximum Gasteiger partial charge on any atom is 0.265 e. The zero-order valence-electron chi connectivity index (χ0n) is 18.4. The molecule has 1 amide bonds. The van der Waals surface area contributed by atoms with Gasteiger partial charge in [-0.25, -0.2) is 13.1 Å². The van der Waals surface area contributed by atoms with Gasteiger partial charge in [-0.15, -0.1) is 0 Å². The van der Waals surface area contributed by atoms with Crippen molar-refractivity contribution in [2.45, 2.75) is 50.6 Å². The number of nitrogens with one attached hydrogen (secondary N) is 1.